The third-order valence-electron chi connectivity index (χ3n) is 7.03. The zero-order valence-electron chi connectivity index (χ0n) is 19.5. The third kappa shape index (κ3) is 5.03. The Labute approximate surface area is 207 Å². The Bertz CT molecular complexity index is 1180. The molecule has 0 saturated carbocycles. The first-order chi connectivity index (χ1) is 16.8. The summed E-state index contributed by atoms with van der Waals surface area (Å²) in [7, 11) is 0. The van der Waals surface area contributed by atoms with E-state index >= 15 is 0 Å². The molecule has 5 rings (SSSR count). The molecule has 0 radical (unpaired) electrons. The lowest BCUT2D eigenvalue weighted by Crippen LogP contribution is -2.61. The number of alkyl halides is 3. The number of halogens is 3. The fourth-order valence-corrected chi connectivity index (χ4v) is 5.89. The van der Waals surface area contributed by atoms with Crippen molar-refractivity contribution in [2.45, 2.75) is 32.0 Å². The summed E-state index contributed by atoms with van der Waals surface area (Å²) in [6, 6.07) is 16.2. The maximum absolute atomic E-state index is 13.4. The number of piperazine rings is 1. The van der Waals surface area contributed by atoms with Gasteiger partial charge in [-0.05, 0) is 67.1 Å². The van der Waals surface area contributed by atoms with Crippen LogP contribution in [0, 0.1) is 12.8 Å². The second-order valence-corrected chi connectivity index (χ2v) is 10.3. The lowest BCUT2D eigenvalue weighted by molar-refractivity contribution is -0.137. The molecule has 4 nitrogen and oxygen atoms in total. The Morgan fingerprint density at radius 1 is 1.11 bits per heavy atom. The Hall–Kier alpha value is -3.00. The van der Waals surface area contributed by atoms with Gasteiger partial charge in [-0.25, -0.2) is 0 Å². The van der Waals surface area contributed by atoms with Gasteiger partial charge >= 0.3 is 6.18 Å². The number of carbonyl (C=O) groups excluding carboxylic acids is 1. The quantitative estimate of drug-likeness (QED) is 0.518. The van der Waals surface area contributed by atoms with Crippen LogP contribution in [0.5, 0.6) is 0 Å². The largest absolute Gasteiger partial charge is 0.416 e. The highest BCUT2D eigenvalue weighted by Gasteiger charge is 2.42. The van der Waals surface area contributed by atoms with Crippen LogP contribution in [0.2, 0.25) is 0 Å². The highest BCUT2D eigenvalue weighted by molar-refractivity contribution is 7.09. The van der Waals surface area contributed by atoms with Crippen LogP contribution in [0.3, 0.4) is 0 Å². The van der Waals surface area contributed by atoms with Crippen LogP contribution in [0.25, 0.3) is 0 Å². The number of nitrogens with zero attached hydrogens (tertiary/aromatic N) is 2. The van der Waals surface area contributed by atoms with Gasteiger partial charge in [-0.2, -0.15) is 13.2 Å². The first-order valence-corrected chi connectivity index (χ1v) is 12.8. The fraction of sp³-hybridized carbons (Fsp3) is 0.370. The van der Waals surface area contributed by atoms with Crippen LogP contribution in [0.1, 0.15) is 21.6 Å². The van der Waals surface area contributed by atoms with Crippen molar-refractivity contribution in [3.05, 3.63) is 81.5 Å². The lowest BCUT2D eigenvalue weighted by Gasteiger charge is -2.49. The van der Waals surface area contributed by atoms with E-state index in [1.165, 1.54) is 16.5 Å². The van der Waals surface area contributed by atoms with E-state index in [1.54, 1.807) is 17.4 Å². The van der Waals surface area contributed by atoms with Gasteiger partial charge in [0.05, 0.1) is 17.5 Å². The highest BCUT2D eigenvalue weighted by Crippen LogP contribution is 2.40. The van der Waals surface area contributed by atoms with Crippen LogP contribution in [0.15, 0.2) is 60.0 Å². The molecule has 2 atom stereocenters. The first kappa shape index (κ1) is 23.7. The average molecular weight is 500 g/mol. The van der Waals surface area contributed by atoms with E-state index in [-0.39, 0.29) is 11.9 Å². The molecule has 0 spiro atoms. The van der Waals surface area contributed by atoms with Gasteiger partial charge < -0.3 is 15.1 Å². The number of thiophene rings is 1. The van der Waals surface area contributed by atoms with E-state index in [9.17, 15) is 18.0 Å². The smallest absolute Gasteiger partial charge is 0.368 e. The monoisotopic (exact) mass is 499 g/mol. The number of hydrogen-bond donors (Lipinski definition) is 1. The molecule has 0 aliphatic carbocycles. The molecule has 2 unspecified atom stereocenters. The van der Waals surface area contributed by atoms with E-state index in [2.05, 4.69) is 39.4 Å². The summed E-state index contributed by atoms with van der Waals surface area (Å²) >= 11 is 1.65. The van der Waals surface area contributed by atoms with Gasteiger partial charge in [0.2, 0.25) is 5.91 Å². The topological polar surface area (TPSA) is 35.6 Å². The summed E-state index contributed by atoms with van der Waals surface area (Å²) in [5.74, 6) is -0.520. The van der Waals surface area contributed by atoms with Gasteiger partial charge in [-0.3, -0.25) is 4.79 Å². The average Bonchev–Trinajstić information content (AvgIpc) is 3.36. The number of anilines is 2. The number of hydrogen-bond acceptors (Lipinski definition) is 4. The van der Waals surface area contributed by atoms with Crippen LogP contribution in [-0.2, 0) is 23.8 Å². The van der Waals surface area contributed by atoms with Gasteiger partial charge in [0, 0.05) is 42.4 Å². The SMILES string of the molecule is Cc1ccc(N2CCN3c4ccc(C(F)(F)F)cc4CC(C(=O)NCCc4cccs4)C3C2)cc1. The van der Waals surface area contributed by atoms with Crippen molar-refractivity contribution >= 4 is 28.6 Å². The van der Waals surface area contributed by atoms with Crippen LogP contribution in [0.4, 0.5) is 24.5 Å². The molecule has 2 aromatic carbocycles. The standard InChI is InChI=1S/C27H28F3N3OS/c1-18-4-7-21(8-5-18)32-12-13-33-24-9-6-20(27(28,29)30)15-19(24)16-23(25(33)17-32)26(34)31-11-10-22-3-2-14-35-22/h2-9,14-15,23,25H,10-13,16-17H2,1H3,(H,31,34). The van der Waals surface area contributed by atoms with Gasteiger partial charge in [-0.1, -0.05) is 23.8 Å². The second kappa shape index (κ2) is 9.57. The Balaban J connectivity index is 1.41. The van der Waals surface area contributed by atoms with E-state index in [1.807, 2.05) is 24.4 Å². The molecule has 1 fully saturated rings. The van der Waals surface area contributed by atoms with Gasteiger partial charge in [0.25, 0.3) is 0 Å². The van der Waals surface area contributed by atoms with E-state index in [0.29, 0.717) is 31.6 Å². The Morgan fingerprint density at radius 3 is 2.63 bits per heavy atom. The van der Waals surface area contributed by atoms with Gasteiger partial charge in [0.15, 0.2) is 0 Å². The predicted octanol–water partition coefficient (Wildman–Crippen LogP) is 5.30. The molecule has 35 heavy (non-hydrogen) atoms. The molecule has 3 aromatic rings. The Morgan fingerprint density at radius 2 is 1.91 bits per heavy atom. The van der Waals surface area contributed by atoms with Gasteiger partial charge in [-0.15, -0.1) is 11.3 Å². The number of benzene rings is 2. The minimum Gasteiger partial charge on any atom is -0.368 e. The maximum atomic E-state index is 13.4. The summed E-state index contributed by atoms with van der Waals surface area (Å²) in [6.45, 7) is 4.60. The van der Waals surface area contributed by atoms with Crippen molar-refractivity contribution in [2.24, 2.45) is 5.92 Å². The Kier molecular flexibility index (Phi) is 6.49. The van der Waals surface area contributed by atoms with Crippen LogP contribution < -0.4 is 15.1 Å². The molecule has 8 heteroatoms. The molecule has 2 aliphatic heterocycles. The van der Waals surface area contributed by atoms with E-state index in [0.717, 1.165) is 30.4 Å². The molecule has 184 valence electrons. The van der Waals surface area contributed by atoms with Crippen LogP contribution in [-0.4, -0.2) is 38.1 Å². The molecular formula is C27H28F3N3OS. The fourth-order valence-electron chi connectivity index (χ4n) is 5.18. The van der Waals surface area contributed by atoms with Crippen LogP contribution >= 0.6 is 11.3 Å². The van der Waals surface area contributed by atoms with Crippen molar-refractivity contribution in [2.75, 3.05) is 36.0 Å². The highest BCUT2D eigenvalue weighted by atomic mass is 32.1. The zero-order chi connectivity index (χ0) is 24.6. The molecule has 1 N–H and O–H groups in total. The maximum Gasteiger partial charge on any atom is 0.416 e. The summed E-state index contributed by atoms with van der Waals surface area (Å²) in [4.78, 5) is 19.0. The molecule has 1 amide bonds. The molecule has 2 aliphatic rings. The number of rotatable bonds is 5. The number of carbonyl (C=O) groups is 1. The minimum absolute atomic E-state index is 0.0922. The van der Waals surface area contributed by atoms with Crippen molar-refractivity contribution in [3.8, 4) is 0 Å². The number of fused-ring (bicyclic) bond motifs is 3. The summed E-state index contributed by atoms with van der Waals surface area (Å²) in [5, 5.41) is 5.07. The van der Waals surface area contributed by atoms with Crippen molar-refractivity contribution in [1.29, 1.82) is 0 Å². The molecular weight excluding hydrogens is 471 g/mol. The molecule has 1 saturated heterocycles. The second-order valence-electron chi connectivity index (χ2n) is 9.31. The molecule has 1 aromatic heterocycles. The first-order valence-electron chi connectivity index (χ1n) is 11.9. The summed E-state index contributed by atoms with van der Waals surface area (Å²) < 4.78 is 40.2. The third-order valence-corrected chi connectivity index (χ3v) is 7.96. The predicted molar refractivity (Wildman–Crippen MR) is 134 cm³/mol. The number of aryl methyl sites for hydroxylation is 1. The lowest BCUT2D eigenvalue weighted by atomic mass is 9.82. The molecule has 3 heterocycles. The number of nitrogens with one attached hydrogen (secondary N) is 1. The zero-order valence-corrected chi connectivity index (χ0v) is 20.3. The molecule has 0 bridgehead atoms. The van der Waals surface area contributed by atoms with Crippen molar-refractivity contribution in [3.63, 3.8) is 0 Å². The normalized spacial score (nSPS) is 19.8. The van der Waals surface area contributed by atoms with E-state index in [4.69, 9.17) is 0 Å². The summed E-state index contributed by atoms with van der Waals surface area (Å²) in [5.41, 5.74) is 3.03. The van der Waals surface area contributed by atoms with Crippen molar-refractivity contribution < 1.29 is 18.0 Å². The minimum atomic E-state index is -4.41. The summed E-state index contributed by atoms with van der Waals surface area (Å²) in [6.07, 6.45) is -3.36. The van der Waals surface area contributed by atoms with Crippen molar-refractivity contribution in [1.82, 2.24) is 5.32 Å². The van der Waals surface area contributed by atoms with E-state index < -0.39 is 17.7 Å². The van der Waals surface area contributed by atoms with Gasteiger partial charge in [0.1, 0.15) is 0 Å². The number of amides is 1.